The highest BCUT2D eigenvalue weighted by atomic mass is 32.2. The first-order chi connectivity index (χ1) is 9.79. The van der Waals surface area contributed by atoms with E-state index in [4.69, 9.17) is 0 Å². The molecule has 0 bridgehead atoms. The minimum atomic E-state index is -3.92. The summed E-state index contributed by atoms with van der Waals surface area (Å²) in [6.45, 7) is 0.151. The summed E-state index contributed by atoms with van der Waals surface area (Å²) in [4.78, 5) is 9.22. The Bertz CT molecular complexity index is 649. The molecule has 1 saturated carbocycles. The Hall–Kier alpha value is -1.58. The third-order valence-electron chi connectivity index (χ3n) is 3.50. The zero-order valence-corrected chi connectivity index (χ0v) is 11.8. The topological polar surface area (TPSA) is 110 Å². The van der Waals surface area contributed by atoms with Crippen molar-refractivity contribution in [1.29, 1.82) is 0 Å². The number of halogens is 1. The Morgan fingerprint density at radius 1 is 1.43 bits per heavy atom. The van der Waals surface area contributed by atoms with Crippen molar-refractivity contribution in [3.05, 3.63) is 34.1 Å². The first kappa shape index (κ1) is 15.8. The second-order valence-corrected chi connectivity index (χ2v) is 6.82. The lowest BCUT2D eigenvalue weighted by Crippen LogP contribution is -2.29. The van der Waals surface area contributed by atoms with Crippen molar-refractivity contribution in [3.8, 4) is 0 Å². The molecule has 116 valence electrons. The van der Waals surface area contributed by atoms with Gasteiger partial charge in [-0.05, 0) is 31.2 Å². The molecule has 2 unspecified atom stereocenters. The molecule has 9 heteroatoms. The molecule has 0 aromatic heterocycles. The van der Waals surface area contributed by atoms with Gasteiger partial charge in [0.05, 0.1) is 15.9 Å². The van der Waals surface area contributed by atoms with E-state index in [0.29, 0.717) is 18.9 Å². The summed E-state index contributed by atoms with van der Waals surface area (Å²) in [5, 5.41) is 19.9. The molecule has 21 heavy (non-hydrogen) atoms. The van der Waals surface area contributed by atoms with Gasteiger partial charge in [-0.15, -0.1) is 0 Å². The average molecular weight is 318 g/mol. The SMILES string of the molecule is O=[N+]([O-])c1ccc(S(=O)(=O)NCC2CCC(O)C2)cc1F. The van der Waals surface area contributed by atoms with Gasteiger partial charge in [-0.3, -0.25) is 10.1 Å². The van der Waals surface area contributed by atoms with Crippen LogP contribution >= 0.6 is 0 Å². The van der Waals surface area contributed by atoms with Gasteiger partial charge in [0.1, 0.15) is 0 Å². The van der Waals surface area contributed by atoms with Gasteiger partial charge in [-0.25, -0.2) is 13.1 Å². The van der Waals surface area contributed by atoms with Crippen LogP contribution in [-0.2, 0) is 10.0 Å². The summed E-state index contributed by atoms with van der Waals surface area (Å²) < 4.78 is 39.8. The van der Waals surface area contributed by atoms with Crippen LogP contribution in [0.4, 0.5) is 10.1 Å². The summed E-state index contributed by atoms with van der Waals surface area (Å²) in [6, 6.07) is 2.44. The van der Waals surface area contributed by atoms with Gasteiger partial charge in [0.2, 0.25) is 15.8 Å². The van der Waals surface area contributed by atoms with E-state index < -0.39 is 32.6 Å². The van der Waals surface area contributed by atoms with Crippen LogP contribution in [-0.4, -0.2) is 31.1 Å². The van der Waals surface area contributed by atoms with Gasteiger partial charge in [-0.1, -0.05) is 0 Å². The maximum Gasteiger partial charge on any atom is 0.304 e. The fourth-order valence-electron chi connectivity index (χ4n) is 2.35. The standard InChI is InChI=1S/C12H15FN2O5S/c13-11-6-10(3-4-12(11)15(17)18)21(19,20)14-7-8-1-2-9(16)5-8/h3-4,6,8-9,14,16H,1-2,5,7H2. The number of hydrogen-bond acceptors (Lipinski definition) is 5. The van der Waals surface area contributed by atoms with E-state index in [1.165, 1.54) is 0 Å². The van der Waals surface area contributed by atoms with Gasteiger partial charge in [0.15, 0.2) is 0 Å². The molecule has 1 aliphatic rings. The molecule has 0 radical (unpaired) electrons. The Labute approximate surface area is 121 Å². The monoisotopic (exact) mass is 318 g/mol. The smallest absolute Gasteiger partial charge is 0.304 e. The van der Waals surface area contributed by atoms with Crippen LogP contribution in [0.15, 0.2) is 23.1 Å². The molecular weight excluding hydrogens is 303 g/mol. The fourth-order valence-corrected chi connectivity index (χ4v) is 3.48. The van der Waals surface area contributed by atoms with Crippen LogP contribution in [0.3, 0.4) is 0 Å². The van der Waals surface area contributed by atoms with E-state index >= 15 is 0 Å². The number of nitro benzene ring substituents is 1. The van der Waals surface area contributed by atoms with Crippen molar-refractivity contribution in [1.82, 2.24) is 4.72 Å². The number of hydrogen-bond donors (Lipinski definition) is 2. The molecule has 2 atom stereocenters. The number of benzene rings is 1. The second-order valence-electron chi connectivity index (χ2n) is 5.06. The Morgan fingerprint density at radius 3 is 2.67 bits per heavy atom. The summed E-state index contributed by atoms with van der Waals surface area (Å²) in [7, 11) is -3.92. The van der Waals surface area contributed by atoms with Crippen LogP contribution in [0.5, 0.6) is 0 Å². The molecule has 1 fully saturated rings. The van der Waals surface area contributed by atoms with Crippen molar-refractivity contribution in [2.75, 3.05) is 6.54 Å². The van der Waals surface area contributed by atoms with E-state index in [9.17, 15) is 28.0 Å². The quantitative estimate of drug-likeness (QED) is 0.625. The largest absolute Gasteiger partial charge is 0.393 e. The van der Waals surface area contributed by atoms with Gasteiger partial charge < -0.3 is 5.11 Å². The van der Waals surface area contributed by atoms with Crippen molar-refractivity contribution in [3.63, 3.8) is 0 Å². The van der Waals surface area contributed by atoms with Crippen molar-refractivity contribution < 1.29 is 22.8 Å². The van der Waals surface area contributed by atoms with E-state index in [1.54, 1.807) is 0 Å². The third-order valence-corrected chi connectivity index (χ3v) is 4.92. The Kier molecular flexibility index (Phi) is 4.55. The minimum absolute atomic E-state index is 0.0395. The Balaban J connectivity index is 2.09. The lowest BCUT2D eigenvalue weighted by atomic mass is 10.1. The molecule has 0 spiro atoms. The summed E-state index contributed by atoms with van der Waals surface area (Å²) in [6.07, 6.45) is 1.48. The number of sulfonamides is 1. The molecular formula is C12H15FN2O5S. The molecule has 1 aromatic rings. The maximum atomic E-state index is 13.5. The van der Waals surface area contributed by atoms with Crippen LogP contribution in [0, 0.1) is 21.8 Å². The predicted molar refractivity (Wildman–Crippen MR) is 71.6 cm³/mol. The van der Waals surface area contributed by atoms with Gasteiger partial charge in [-0.2, -0.15) is 4.39 Å². The summed E-state index contributed by atoms with van der Waals surface area (Å²) >= 11 is 0. The van der Waals surface area contributed by atoms with E-state index in [0.717, 1.165) is 18.6 Å². The van der Waals surface area contributed by atoms with Crippen LogP contribution in [0.2, 0.25) is 0 Å². The average Bonchev–Trinajstić information content (AvgIpc) is 2.82. The molecule has 2 N–H and O–H groups in total. The van der Waals surface area contributed by atoms with Gasteiger partial charge in [0.25, 0.3) is 0 Å². The normalized spacial score (nSPS) is 22.4. The first-order valence-corrected chi connectivity index (χ1v) is 7.89. The highest BCUT2D eigenvalue weighted by molar-refractivity contribution is 7.89. The molecule has 0 heterocycles. The number of nitro groups is 1. The molecule has 0 aliphatic heterocycles. The van der Waals surface area contributed by atoms with Crippen molar-refractivity contribution >= 4 is 15.7 Å². The zero-order valence-electron chi connectivity index (χ0n) is 11.0. The Morgan fingerprint density at radius 2 is 2.14 bits per heavy atom. The molecule has 0 saturated heterocycles. The highest BCUT2D eigenvalue weighted by Crippen LogP contribution is 2.25. The number of nitrogens with zero attached hydrogens (tertiary/aromatic N) is 1. The van der Waals surface area contributed by atoms with E-state index in [-0.39, 0.29) is 17.4 Å². The maximum absolute atomic E-state index is 13.5. The highest BCUT2D eigenvalue weighted by Gasteiger charge is 2.25. The first-order valence-electron chi connectivity index (χ1n) is 6.41. The molecule has 1 aliphatic carbocycles. The van der Waals surface area contributed by atoms with Gasteiger partial charge in [0, 0.05) is 18.7 Å². The van der Waals surface area contributed by atoms with Crippen LogP contribution in [0.25, 0.3) is 0 Å². The molecule has 0 amide bonds. The number of rotatable bonds is 5. The van der Waals surface area contributed by atoms with Gasteiger partial charge >= 0.3 is 5.69 Å². The fraction of sp³-hybridized carbons (Fsp3) is 0.500. The molecule has 2 rings (SSSR count). The number of nitrogens with one attached hydrogen (secondary N) is 1. The molecule has 1 aromatic carbocycles. The van der Waals surface area contributed by atoms with Crippen molar-refractivity contribution in [2.24, 2.45) is 5.92 Å². The minimum Gasteiger partial charge on any atom is -0.393 e. The van der Waals surface area contributed by atoms with E-state index in [1.807, 2.05) is 0 Å². The third kappa shape index (κ3) is 3.74. The zero-order chi connectivity index (χ0) is 15.6. The van der Waals surface area contributed by atoms with Crippen molar-refractivity contribution in [2.45, 2.75) is 30.3 Å². The number of aliphatic hydroxyl groups is 1. The van der Waals surface area contributed by atoms with E-state index in [2.05, 4.69) is 4.72 Å². The van der Waals surface area contributed by atoms with Crippen LogP contribution in [0.1, 0.15) is 19.3 Å². The number of aliphatic hydroxyl groups excluding tert-OH is 1. The molecule has 7 nitrogen and oxygen atoms in total. The second kappa shape index (κ2) is 6.04. The lowest BCUT2D eigenvalue weighted by molar-refractivity contribution is -0.387. The predicted octanol–water partition coefficient (Wildman–Crippen LogP) is 1.17. The lowest BCUT2D eigenvalue weighted by Gasteiger charge is -2.11. The van der Waals surface area contributed by atoms with Crippen LogP contribution < -0.4 is 4.72 Å². The summed E-state index contributed by atoms with van der Waals surface area (Å²) in [5.74, 6) is -1.16. The summed E-state index contributed by atoms with van der Waals surface area (Å²) in [5.41, 5.74) is -0.770.